The van der Waals surface area contributed by atoms with Gasteiger partial charge in [-0.3, -0.25) is 0 Å². The SMILES string of the molecule is CC(C(=O)O)N(C)C(=O)NCC1CCCCC1. The van der Waals surface area contributed by atoms with Crippen LogP contribution in [0.4, 0.5) is 4.79 Å². The smallest absolute Gasteiger partial charge is 0.326 e. The zero-order valence-corrected chi connectivity index (χ0v) is 10.6. The van der Waals surface area contributed by atoms with E-state index in [4.69, 9.17) is 5.11 Å². The van der Waals surface area contributed by atoms with Crippen LogP contribution in [0, 0.1) is 5.92 Å². The van der Waals surface area contributed by atoms with Crippen LogP contribution in [0.15, 0.2) is 0 Å². The van der Waals surface area contributed by atoms with E-state index >= 15 is 0 Å². The average molecular weight is 242 g/mol. The molecule has 0 bridgehead atoms. The van der Waals surface area contributed by atoms with E-state index in [9.17, 15) is 9.59 Å². The molecule has 1 aliphatic rings. The van der Waals surface area contributed by atoms with Crippen molar-refractivity contribution in [3.63, 3.8) is 0 Å². The first-order chi connectivity index (χ1) is 8.02. The van der Waals surface area contributed by atoms with E-state index in [1.54, 1.807) is 0 Å². The highest BCUT2D eigenvalue weighted by Gasteiger charge is 2.22. The zero-order chi connectivity index (χ0) is 12.8. The third kappa shape index (κ3) is 4.24. The molecule has 5 heteroatoms. The van der Waals surface area contributed by atoms with Gasteiger partial charge in [-0.2, -0.15) is 0 Å². The first-order valence-electron chi connectivity index (χ1n) is 6.26. The van der Waals surface area contributed by atoms with Gasteiger partial charge in [-0.25, -0.2) is 9.59 Å². The Morgan fingerprint density at radius 2 is 1.94 bits per heavy atom. The fourth-order valence-corrected chi connectivity index (χ4v) is 2.09. The van der Waals surface area contributed by atoms with Crippen molar-refractivity contribution >= 4 is 12.0 Å². The summed E-state index contributed by atoms with van der Waals surface area (Å²) in [6.07, 6.45) is 6.10. The normalized spacial score (nSPS) is 18.5. The summed E-state index contributed by atoms with van der Waals surface area (Å²) < 4.78 is 0. The van der Waals surface area contributed by atoms with Gasteiger partial charge in [0.1, 0.15) is 6.04 Å². The van der Waals surface area contributed by atoms with Crippen molar-refractivity contribution in [2.24, 2.45) is 5.92 Å². The maximum absolute atomic E-state index is 11.7. The first kappa shape index (κ1) is 13.8. The van der Waals surface area contributed by atoms with Crippen LogP contribution in [0.1, 0.15) is 39.0 Å². The lowest BCUT2D eigenvalue weighted by Gasteiger charge is -2.25. The summed E-state index contributed by atoms with van der Waals surface area (Å²) in [5.74, 6) is -0.429. The van der Waals surface area contributed by atoms with Crippen LogP contribution < -0.4 is 5.32 Å². The van der Waals surface area contributed by atoms with Crippen LogP contribution in [-0.2, 0) is 4.79 Å². The molecule has 1 saturated carbocycles. The molecule has 0 radical (unpaired) electrons. The lowest BCUT2D eigenvalue weighted by molar-refractivity contribution is -0.141. The Hall–Kier alpha value is -1.26. The second-order valence-electron chi connectivity index (χ2n) is 4.82. The molecule has 1 atom stereocenters. The van der Waals surface area contributed by atoms with E-state index in [2.05, 4.69) is 5.32 Å². The maximum Gasteiger partial charge on any atom is 0.326 e. The number of urea groups is 1. The summed E-state index contributed by atoms with van der Waals surface area (Å²) in [5.41, 5.74) is 0. The molecule has 5 nitrogen and oxygen atoms in total. The number of amides is 2. The van der Waals surface area contributed by atoms with Crippen molar-refractivity contribution in [3.05, 3.63) is 0 Å². The third-order valence-electron chi connectivity index (χ3n) is 3.53. The van der Waals surface area contributed by atoms with Gasteiger partial charge in [0, 0.05) is 13.6 Å². The summed E-state index contributed by atoms with van der Waals surface area (Å²) >= 11 is 0. The largest absolute Gasteiger partial charge is 0.480 e. The molecule has 1 aliphatic carbocycles. The van der Waals surface area contributed by atoms with Crippen LogP contribution in [-0.4, -0.2) is 41.6 Å². The summed E-state index contributed by atoms with van der Waals surface area (Å²) in [6.45, 7) is 2.16. The fourth-order valence-electron chi connectivity index (χ4n) is 2.09. The van der Waals surface area contributed by atoms with Gasteiger partial charge in [0.2, 0.25) is 0 Å². The minimum atomic E-state index is -0.986. The number of nitrogens with zero attached hydrogens (tertiary/aromatic N) is 1. The average Bonchev–Trinajstić information content (AvgIpc) is 2.35. The lowest BCUT2D eigenvalue weighted by atomic mass is 9.89. The van der Waals surface area contributed by atoms with Crippen molar-refractivity contribution in [1.29, 1.82) is 0 Å². The molecule has 2 N–H and O–H groups in total. The molecule has 0 aliphatic heterocycles. The Kier molecular flexibility index (Phi) is 5.25. The number of carbonyl (C=O) groups excluding carboxylic acids is 1. The summed E-state index contributed by atoms with van der Waals surface area (Å²) in [7, 11) is 1.51. The first-order valence-corrected chi connectivity index (χ1v) is 6.26. The number of hydrogen-bond donors (Lipinski definition) is 2. The number of carboxylic acid groups (broad SMARTS) is 1. The molecule has 0 aromatic heterocycles. The fraction of sp³-hybridized carbons (Fsp3) is 0.833. The zero-order valence-electron chi connectivity index (χ0n) is 10.6. The van der Waals surface area contributed by atoms with E-state index in [0.717, 1.165) is 0 Å². The molecule has 1 rings (SSSR count). The Morgan fingerprint density at radius 1 is 1.35 bits per heavy atom. The van der Waals surface area contributed by atoms with Crippen molar-refractivity contribution in [3.8, 4) is 0 Å². The van der Waals surface area contributed by atoms with Gasteiger partial charge in [-0.1, -0.05) is 19.3 Å². The molecule has 98 valence electrons. The van der Waals surface area contributed by atoms with Crippen molar-refractivity contribution in [2.45, 2.75) is 45.1 Å². The van der Waals surface area contributed by atoms with Crippen LogP contribution in [0.3, 0.4) is 0 Å². The van der Waals surface area contributed by atoms with Gasteiger partial charge in [-0.05, 0) is 25.7 Å². The van der Waals surface area contributed by atoms with Gasteiger partial charge >= 0.3 is 12.0 Å². The topological polar surface area (TPSA) is 69.6 Å². The van der Waals surface area contributed by atoms with Crippen LogP contribution in [0.2, 0.25) is 0 Å². The second-order valence-corrected chi connectivity index (χ2v) is 4.82. The molecule has 17 heavy (non-hydrogen) atoms. The van der Waals surface area contributed by atoms with Gasteiger partial charge < -0.3 is 15.3 Å². The molecule has 0 heterocycles. The quantitative estimate of drug-likeness (QED) is 0.788. The van der Waals surface area contributed by atoms with E-state index in [-0.39, 0.29) is 6.03 Å². The minimum absolute atomic E-state index is 0.300. The van der Waals surface area contributed by atoms with E-state index in [1.165, 1.54) is 51.0 Å². The Balaban J connectivity index is 2.30. The molecule has 0 saturated heterocycles. The van der Waals surface area contributed by atoms with Crippen molar-refractivity contribution in [2.75, 3.05) is 13.6 Å². The summed E-state index contributed by atoms with van der Waals surface area (Å²) in [4.78, 5) is 23.6. The van der Waals surface area contributed by atoms with E-state index in [1.807, 2.05) is 0 Å². The number of carbonyl (C=O) groups is 2. The van der Waals surface area contributed by atoms with Crippen LogP contribution in [0.5, 0.6) is 0 Å². The molecule has 2 amide bonds. The van der Waals surface area contributed by atoms with Gasteiger partial charge in [0.15, 0.2) is 0 Å². The summed E-state index contributed by atoms with van der Waals surface area (Å²) in [5, 5.41) is 11.6. The van der Waals surface area contributed by atoms with Gasteiger partial charge in [0.05, 0.1) is 0 Å². The lowest BCUT2D eigenvalue weighted by Crippen LogP contribution is -2.46. The Morgan fingerprint density at radius 3 is 2.47 bits per heavy atom. The number of aliphatic carboxylic acids is 1. The highest BCUT2D eigenvalue weighted by atomic mass is 16.4. The molecule has 1 unspecified atom stereocenters. The van der Waals surface area contributed by atoms with E-state index in [0.29, 0.717) is 12.5 Å². The van der Waals surface area contributed by atoms with Crippen LogP contribution in [0.25, 0.3) is 0 Å². The third-order valence-corrected chi connectivity index (χ3v) is 3.53. The number of rotatable bonds is 4. The molecular weight excluding hydrogens is 220 g/mol. The summed E-state index contributed by atoms with van der Waals surface area (Å²) in [6, 6.07) is -1.09. The molecule has 1 fully saturated rings. The Labute approximate surface area is 102 Å². The predicted molar refractivity (Wildman–Crippen MR) is 64.8 cm³/mol. The maximum atomic E-state index is 11.7. The number of likely N-dealkylation sites (N-methyl/N-ethyl adjacent to an activating group) is 1. The van der Waals surface area contributed by atoms with Crippen LogP contribution >= 0.6 is 0 Å². The van der Waals surface area contributed by atoms with Crippen molar-refractivity contribution in [1.82, 2.24) is 10.2 Å². The number of nitrogens with one attached hydrogen (secondary N) is 1. The molecule has 0 spiro atoms. The minimum Gasteiger partial charge on any atom is -0.480 e. The standard InChI is InChI=1S/C12H22N2O3/c1-9(11(15)16)14(2)12(17)13-8-10-6-4-3-5-7-10/h9-10H,3-8H2,1-2H3,(H,13,17)(H,15,16). The second kappa shape index (κ2) is 6.47. The van der Waals surface area contributed by atoms with Crippen molar-refractivity contribution < 1.29 is 14.7 Å². The number of hydrogen-bond acceptors (Lipinski definition) is 2. The molecular formula is C12H22N2O3. The predicted octanol–water partition coefficient (Wildman–Crippen LogP) is 1.68. The molecule has 0 aromatic carbocycles. The monoisotopic (exact) mass is 242 g/mol. The van der Waals surface area contributed by atoms with Gasteiger partial charge in [-0.15, -0.1) is 0 Å². The highest BCUT2D eigenvalue weighted by molar-refractivity contribution is 5.82. The number of carboxylic acids is 1. The van der Waals surface area contributed by atoms with Gasteiger partial charge in [0.25, 0.3) is 0 Å². The molecule has 0 aromatic rings. The highest BCUT2D eigenvalue weighted by Crippen LogP contribution is 2.22. The Bertz CT molecular complexity index is 275. The van der Waals surface area contributed by atoms with E-state index < -0.39 is 12.0 Å².